The molecule has 1 N–H and O–H groups in total. The topological polar surface area (TPSA) is 80.0 Å². The highest BCUT2D eigenvalue weighted by atomic mass is 35.5. The standard InChI is InChI=1S/C17H15Cl2F3N6O/c1-8-9(11(19)3-2-10(8)18)7-28-5-4-23-14-13(28)6-12(25-26-14)15-24-16(27-29-15)17(20,21)22/h2-3,6,8-9H,4-5,7H2,1H3,(H,23,26). The van der Waals surface area contributed by atoms with Crippen molar-refractivity contribution in [2.75, 3.05) is 29.9 Å². The van der Waals surface area contributed by atoms with Crippen LogP contribution in [0.2, 0.25) is 0 Å². The van der Waals surface area contributed by atoms with E-state index in [1.54, 1.807) is 18.2 Å². The van der Waals surface area contributed by atoms with Crippen molar-refractivity contribution < 1.29 is 17.7 Å². The minimum absolute atomic E-state index is 0.0306. The summed E-state index contributed by atoms with van der Waals surface area (Å²) in [5, 5.41) is 15.5. The minimum Gasteiger partial charge on any atom is -0.366 e. The van der Waals surface area contributed by atoms with E-state index >= 15 is 0 Å². The van der Waals surface area contributed by atoms with E-state index in [0.29, 0.717) is 41.2 Å². The Labute approximate surface area is 173 Å². The molecule has 7 nitrogen and oxygen atoms in total. The van der Waals surface area contributed by atoms with E-state index in [1.807, 2.05) is 11.8 Å². The van der Waals surface area contributed by atoms with Gasteiger partial charge in [-0.15, -0.1) is 10.2 Å². The molecule has 0 fully saturated rings. The molecule has 1 aliphatic carbocycles. The average Bonchev–Trinajstić information content (AvgIpc) is 3.19. The lowest BCUT2D eigenvalue weighted by Crippen LogP contribution is -2.40. The molecule has 29 heavy (non-hydrogen) atoms. The van der Waals surface area contributed by atoms with Gasteiger partial charge in [-0.1, -0.05) is 35.3 Å². The Kier molecular flexibility index (Phi) is 5.16. The van der Waals surface area contributed by atoms with Crippen molar-refractivity contribution in [3.05, 3.63) is 34.1 Å². The van der Waals surface area contributed by atoms with Gasteiger partial charge in [-0.25, -0.2) is 0 Å². The molecule has 0 saturated heterocycles. The van der Waals surface area contributed by atoms with Gasteiger partial charge in [0.05, 0.1) is 5.69 Å². The van der Waals surface area contributed by atoms with E-state index in [0.717, 1.165) is 0 Å². The molecule has 2 unspecified atom stereocenters. The summed E-state index contributed by atoms with van der Waals surface area (Å²) in [5.41, 5.74) is 0.715. The van der Waals surface area contributed by atoms with Crippen molar-refractivity contribution in [3.63, 3.8) is 0 Å². The van der Waals surface area contributed by atoms with Crippen LogP contribution in [0.5, 0.6) is 0 Å². The van der Waals surface area contributed by atoms with Crippen molar-refractivity contribution in [2.24, 2.45) is 11.8 Å². The first-order valence-corrected chi connectivity index (χ1v) is 9.50. The highest BCUT2D eigenvalue weighted by molar-refractivity contribution is 6.32. The fourth-order valence-corrected chi connectivity index (χ4v) is 3.80. The molecule has 0 radical (unpaired) electrons. The summed E-state index contributed by atoms with van der Waals surface area (Å²) in [4.78, 5) is 5.42. The van der Waals surface area contributed by atoms with E-state index in [9.17, 15) is 13.2 Å². The van der Waals surface area contributed by atoms with Gasteiger partial charge in [0.15, 0.2) is 11.5 Å². The second-order valence-electron chi connectivity index (χ2n) is 6.76. The molecule has 2 aromatic heterocycles. The van der Waals surface area contributed by atoms with Crippen LogP contribution in [0, 0.1) is 11.8 Å². The molecule has 0 bridgehead atoms. The molecule has 2 aromatic rings. The number of hydrogen-bond acceptors (Lipinski definition) is 7. The maximum absolute atomic E-state index is 12.7. The summed E-state index contributed by atoms with van der Waals surface area (Å²) >= 11 is 12.7. The number of alkyl halides is 3. The van der Waals surface area contributed by atoms with Crippen LogP contribution >= 0.6 is 23.2 Å². The Balaban J connectivity index is 1.63. The predicted octanol–water partition coefficient (Wildman–Crippen LogP) is 4.29. The summed E-state index contributed by atoms with van der Waals surface area (Å²) in [6, 6.07) is 1.57. The van der Waals surface area contributed by atoms with Crippen LogP contribution in [0.15, 0.2) is 32.8 Å². The number of nitrogens with zero attached hydrogens (tertiary/aromatic N) is 5. The number of halogens is 5. The predicted molar refractivity (Wildman–Crippen MR) is 102 cm³/mol. The van der Waals surface area contributed by atoms with Crippen molar-refractivity contribution in [1.29, 1.82) is 0 Å². The molecule has 2 aliphatic rings. The van der Waals surface area contributed by atoms with Gasteiger partial charge in [0.2, 0.25) is 0 Å². The zero-order valence-corrected chi connectivity index (χ0v) is 16.6. The van der Waals surface area contributed by atoms with E-state index in [2.05, 4.69) is 25.7 Å². The Morgan fingerprint density at radius 2 is 2.00 bits per heavy atom. The van der Waals surface area contributed by atoms with Gasteiger partial charge in [-0.05, 0) is 18.2 Å². The molecule has 0 aromatic carbocycles. The monoisotopic (exact) mass is 446 g/mol. The van der Waals surface area contributed by atoms with Gasteiger partial charge < -0.3 is 14.7 Å². The van der Waals surface area contributed by atoms with Crippen LogP contribution in [0.25, 0.3) is 11.6 Å². The lowest BCUT2D eigenvalue weighted by atomic mass is 9.88. The molecule has 2 atom stereocenters. The summed E-state index contributed by atoms with van der Waals surface area (Å²) < 4.78 is 43.0. The summed E-state index contributed by atoms with van der Waals surface area (Å²) in [7, 11) is 0. The molecule has 1 aliphatic heterocycles. The van der Waals surface area contributed by atoms with Crippen LogP contribution in [-0.2, 0) is 6.18 Å². The van der Waals surface area contributed by atoms with Crippen molar-refractivity contribution in [1.82, 2.24) is 20.3 Å². The van der Waals surface area contributed by atoms with Crippen LogP contribution < -0.4 is 10.2 Å². The SMILES string of the molecule is CC1C(Cl)=CC=C(Cl)C1CN1CCNc2nnc(-c3nc(C(F)(F)F)no3)cc21. The quantitative estimate of drug-likeness (QED) is 0.752. The molecule has 0 saturated carbocycles. The number of nitrogens with one attached hydrogen (secondary N) is 1. The van der Waals surface area contributed by atoms with Crippen LogP contribution in [0.4, 0.5) is 24.7 Å². The Bertz CT molecular complexity index is 990. The molecule has 154 valence electrons. The van der Waals surface area contributed by atoms with Crippen LogP contribution in [0.1, 0.15) is 12.7 Å². The van der Waals surface area contributed by atoms with Crippen LogP contribution in [0.3, 0.4) is 0 Å². The summed E-state index contributed by atoms with van der Waals surface area (Å²) in [5.74, 6) is -1.20. The number of fused-ring (bicyclic) bond motifs is 1. The lowest BCUT2D eigenvalue weighted by molar-refractivity contribution is -0.146. The minimum atomic E-state index is -4.70. The van der Waals surface area contributed by atoms with Crippen molar-refractivity contribution in [3.8, 4) is 11.6 Å². The number of aromatic nitrogens is 4. The van der Waals surface area contributed by atoms with Crippen molar-refractivity contribution >= 4 is 34.7 Å². The fourth-order valence-electron chi connectivity index (χ4n) is 3.26. The third kappa shape index (κ3) is 3.91. The molecule has 4 rings (SSSR count). The zero-order chi connectivity index (χ0) is 20.8. The third-order valence-electron chi connectivity index (χ3n) is 4.90. The van der Waals surface area contributed by atoms with E-state index < -0.39 is 12.0 Å². The number of anilines is 2. The second-order valence-corrected chi connectivity index (χ2v) is 7.63. The van der Waals surface area contributed by atoms with Gasteiger partial charge in [0.25, 0.3) is 11.7 Å². The molecular weight excluding hydrogens is 432 g/mol. The molecule has 3 heterocycles. The fraction of sp³-hybridized carbons (Fsp3) is 0.412. The van der Waals surface area contributed by atoms with E-state index in [1.165, 1.54) is 0 Å². The molecule has 0 spiro atoms. The average molecular weight is 447 g/mol. The Morgan fingerprint density at radius 1 is 1.24 bits per heavy atom. The summed E-state index contributed by atoms with van der Waals surface area (Å²) in [6.45, 7) is 3.82. The summed E-state index contributed by atoms with van der Waals surface area (Å²) in [6.07, 6.45) is -1.14. The Morgan fingerprint density at radius 3 is 2.72 bits per heavy atom. The zero-order valence-electron chi connectivity index (χ0n) is 15.0. The first kappa shape index (κ1) is 20.0. The maximum atomic E-state index is 12.7. The van der Waals surface area contributed by atoms with Gasteiger partial charge in [-0.2, -0.15) is 18.2 Å². The number of hydrogen-bond donors (Lipinski definition) is 1. The second kappa shape index (κ2) is 7.49. The smallest absolute Gasteiger partial charge is 0.366 e. The highest BCUT2D eigenvalue weighted by Gasteiger charge is 2.38. The number of allylic oxidation sites excluding steroid dienone is 3. The third-order valence-corrected chi connectivity index (χ3v) is 5.78. The normalized spacial score (nSPS) is 21.9. The van der Waals surface area contributed by atoms with Gasteiger partial charge >= 0.3 is 6.18 Å². The molecule has 0 amide bonds. The van der Waals surface area contributed by atoms with Gasteiger partial charge in [-0.3, -0.25) is 0 Å². The van der Waals surface area contributed by atoms with E-state index in [4.69, 9.17) is 27.7 Å². The van der Waals surface area contributed by atoms with E-state index in [-0.39, 0.29) is 23.4 Å². The Hall–Kier alpha value is -2.33. The van der Waals surface area contributed by atoms with Gasteiger partial charge in [0, 0.05) is 41.5 Å². The maximum Gasteiger partial charge on any atom is 0.455 e. The van der Waals surface area contributed by atoms with Crippen molar-refractivity contribution in [2.45, 2.75) is 13.1 Å². The highest BCUT2D eigenvalue weighted by Crippen LogP contribution is 2.38. The van der Waals surface area contributed by atoms with Gasteiger partial charge in [0.1, 0.15) is 0 Å². The first-order chi connectivity index (χ1) is 13.7. The molecular formula is C17H15Cl2F3N6O. The molecule has 12 heteroatoms. The number of rotatable bonds is 3. The van der Waals surface area contributed by atoms with Crippen LogP contribution in [-0.4, -0.2) is 40.0 Å². The first-order valence-electron chi connectivity index (χ1n) is 8.74. The lowest BCUT2D eigenvalue weighted by Gasteiger charge is -2.36. The largest absolute Gasteiger partial charge is 0.455 e.